The lowest BCUT2D eigenvalue weighted by Crippen LogP contribution is -2.35. The molecule has 4 heteroatoms. The minimum absolute atomic E-state index is 0.0809. The zero-order valence-electron chi connectivity index (χ0n) is 26.7. The molecule has 0 fully saturated rings. The second kappa shape index (κ2) is 10.4. The van der Waals surface area contributed by atoms with Crippen LogP contribution in [0, 0.1) is 0 Å². The van der Waals surface area contributed by atoms with Crippen molar-refractivity contribution < 1.29 is 0 Å². The molecule has 0 spiro atoms. The number of rotatable bonds is 4. The second-order valence-electron chi connectivity index (χ2n) is 13.1. The lowest BCUT2D eigenvalue weighted by atomic mass is 9.82. The monoisotopic (exact) mass is 606 g/mol. The van der Waals surface area contributed by atoms with Gasteiger partial charge in [-0.05, 0) is 58.1 Å². The molecule has 2 heterocycles. The van der Waals surface area contributed by atoms with Gasteiger partial charge in [-0.3, -0.25) is 0 Å². The van der Waals surface area contributed by atoms with Gasteiger partial charge in [-0.15, -0.1) is 0 Å². The SMILES string of the molecule is CN1C(c2cccc(-n3c4ccccc4c4cc5c(cc43)C(C)(C)c3ccccc3-5)c2)=NC(c2ccccc2)=NC1c1ccccc1. The number of amidine groups is 2. The van der Waals surface area contributed by atoms with Crippen LogP contribution >= 0.6 is 0 Å². The van der Waals surface area contributed by atoms with E-state index in [2.05, 4.69) is 152 Å². The van der Waals surface area contributed by atoms with Crippen LogP contribution in [0.3, 0.4) is 0 Å². The molecule has 0 radical (unpaired) electrons. The van der Waals surface area contributed by atoms with Crippen molar-refractivity contribution in [2.75, 3.05) is 7.05 Å². The average Bonchev–Trinajstić information content (AvgIpc) is 3.56. The van der Waals surface area contributed by atoms with Gasteiger partial charge in [0.1, 0.15) is 12.0 Å². The predicted octanol–water partition coefficient (Wildman–Crippen LogP) is 9.93. The van der Waals surface area contributed by atoms with Crippen LogP contribution in [0.25, 0.3) is 38.6 Å². The molecule has 0 saturated carbocycles. The summed E-state index contributed by atoms with van der Waals surface area (Å²) in [4.78, 5) is 12.5. The lowest BCUT2D eigenvalue weighted by Gasteiger charge is -2.32. The van der Waals surface area contributed by atoms with Crippen LogP contribution in [0.5, 0.6) is 0 Å². The third-order valence-electron chi connectivity index (χ3n) is 10.0. The summed E-state index contributed by atoms with van der Waals surface area (Å²) in [5.41, 5.74) is 12.1. The summed E-state index contributed by atoms with van der Waals surface area (Å²) in [5.74, 6) is 1.64. The van der Waals surface area contributed by atoms with Crippen LogP contribution in [-0.2, 0) is 5.41 Å². The number of para-hydroxylation sites is 1. The van der Waals surface area contributed by atoms with Crippen LogP contribution in [0.4, 0.5) is 0 Å². The molecule has 6 aromatic carbocycles. The number of fused-ring (bicyclic) bond motifs is 6. The molecule has 1 atom stereocenters. The van der Waals surface area contributed by atoms with Gasteiger partial charge in [-0.25, -0.2) is 9.98 Å². The topological polar surface area (TPSA) is 32.9 Å². The summed E-state index contributed by atoms with van der Waals surface area (Å²) in [6.45, 7) is 4.70. The summed E-state index contributed by atoms with van der Waals surface area (Å²) in [6, 6.07) is 52.1. The Hall–Kier alpha value is -5.74. The fourth-order valence-corrected chi connectivity index (χ4v) is 7.67. The van der Waals surface area contributed by atoms with Gasteiger partial charge in [0.2, 0.25) is 0 Å². The molecule has 0 N–H and O–H groups in total. The molecule has 1 aliphatic heterocycles. The number of nitrogens with zero attached hydrogens (tertiary/aromatic N) is 4. The number of benzene rings is 6. The number of aromatic nitrogens is 1. The smallest absolute Gasteiger partial charge is 0.159 e. The van der Waals surface area contributed by atoms with E-state index < -0.39 is 0 Å². The molecule has 226 valence electrons. The normalized spacial score (nSPS) is 16.6. The first-order chi connectivity index (χ1) is 23.0. The van der Waals surface area contributed by atoms with E-state index in [0.29, 0.717) is 0 Å². The highest BCUT2D eigenvalue weighted by Gasteiger charge is 2.36. The Morgan fingerprint density at radius 3 is 2.11 bits per heavy atom. The quantitative estimate of drug-likeness (QED) is 0.196. The van der Waals surface area contributed by atoms with E-state index in [1.165, 1.54) is 44.1 Å². The van der Waals surface area contributed by atoms with Crippen molar-refractivity contribution in [1.82, 2.24) is 9.47 Å². The molecular weight excluding hydrogens is 573 g/mol. The minimum Gasteiger partial charge on any atom is -0.333 e. The molecule has 7 aromatic rings. The standard InChI is InChI=1S/C43H34N4/c1-43(2)36-23-12-10-21-32(36)34-26-35-33-22-11-13-24-38(33)47(39(35)27-37(34)43)31-20-14-19-30(25-31)42-45-40(28-15-6-4-7-16-28)44-41(46(42)3)29-17-8-5-9-18-29/h4-27,41H,1-3H3. The van der Waals surface area contributed by atoms with Crippen molar-refractivity contribution in [3.8, 4) is 16.8 Å². The van der Waals surface area contributed by atoms with Gasteiger partial charge in [-0.2, -0.15) is 0 Å². The van der Waals surface area contributed by atoms with Crippen LogP contribution < -0.4 is 0 Å². The third-order valence-corrected chi connectivity index (χ3v) is 10.0. The first-order valence-corrected chi connectivity index (χ1v) is 16.3. The van der Waals surface area contributed by atoms with E-state index in [4.69, 9.17) is 9.98 Å². The van der Waals surface area contributed by atoms with Gasteiger partial charge in [0, 0.05) is 40.0 Å². The zero-order valence-corrected chi connectivity index (χ0v) is 26.7. The van der Waals surface area contributed by atoms with Gasteiger partial charge in [0.05, 0.1) is 11.0 Å². The molecule has 47 heavy (non-hydrogen) atoms. The largest absolute Gasteiger partial charge is 0.333 e. The second-order valence-corrected chi connectivity index (χ2v) is 13.1. The third kappa shape index (κ3) is 4.21. The van der Waals surface area contributed by atoms with Crippen molar-refractivity contribution >= 4 is 33.5 Å². The van der Waals surface area contributed by atoms with E-state index in [1.807, 2.05) is 24.3 Å². The highest BCUT2D eigenvalue weighted by atomic mass is 15.3. The van der Waals surface area contributed by atoms with Crippen molar-refractivity contribution in [1.29, 1.82) is 0 Å². The van der Waals surface area contributed by atoms with E-state index in [9.17, 15) is 0 Å². The number of hydrogen-bond acceptors (Lipinski definition) is 3. The number of aliphatic imine (C=N–C) groups is 2. The van der Waals surface area contributed by atoms with Gasteiger partial charge < -0.3 is 9.47 Å². The summed E-state index contributed by atoms with van der Waals surface area (Å²) in [7, 11) is 2.10. The summed E-state index contributed by atoms with van der Waals surface area (Å²) in [6.07, 6.45) is -0.192. The van der Waals surface area contributed by atoms with Crippen LogP contribution in [0.1, 0.15) is 47.8 Å². The zero-order chi connectivity index (χ0) is 31.7. The first kappa shape index (κ1) is 27.6. The lowest BCUT2D eigenvalue weighted by molar-refractivity contribution is 0.383. The fraction of sp³-hybridized carbons (Fsp3) is 0.116. The molecule has 1 aromatic heterocycles. The maximum atomic E-state index is 5.20. The van der Waals surface area contributed by atoms with E-state index >= 15 is 0 Å². The molecule has 0 saturated heterocycles. The Balaban J connectivity index is 1.23. The van der Waals surface area contributed by atoms with Crippen molar-refractivity contribution in [2.45, 2.75) is 25.4 Å². The van der Waals surface area contributed by atoms with E-state index in [1.54, 1.807) is 0 Å². The Morgan fingerprint density at radius 1 is 0.574 bits per heavy atom. The molecule has 1 aliphatic carbocycles. The Kier molecular flexibility index (Phi) is 6.10. The molecule has 0 amide bonds. The van der Waals surface area contributed by atoms with Gasteiger partial charge in [-0.1, -0.05) is 129 Å². The van der Waals surface area contributed by atoms with Gasteiger partial charge >= 0.3 is 0 Å². The average molecular weight is 607 g/mol. The molecular formula is C43H34N4. The fourth-order valence-electron chi connectivity index (χ4n) is 7.67. The molecule has 1 unspecified atom stereocenters. The maximum Gasteiger partial charge on any atom is 0.159 e. The first-order valence-electron chi connectivity index (χ1n) is 16.3. The molecule has 4 nitrogen and oxygen atoms in total. The Morgan fingerprint density at radius 2 is 1.28 bits per heavy atom. The van der Waals surface area contributed by atoms with Crippen LogP contribution in [-0.4, -0.2) is 28.2 Å². The van der Waals surface area contributed by atoms with Crippen molar-refractivity contribution in [3.63, 3.8) is 0 Å². The van der Waals surface area contributed by atoms with Crippen LogP contribution in [0.15, 0.2) is 156 Å². The molecule has 2 aliphatic rings. The van der Waals surface area contributed by atoms with Crippen LogP contribution in [0.2, 0.25) is 0 Å². The van der Waals surface area contributed by atoms with Crippen molar-refractivity contribution in [3.05, 3.63) is 173 Å². The Bertz CT molecular complexity index is 2400. The minimum atomic E-state index is -0.192. The molecule has 0 bridgehead atoms. The highest BCUT2D eigenvalue weighted by molar-refractivity contribution is 6.14. The van der Waals surface area contributed by atoms with E-state index in [0.717, 1.165) is 34.0 Å². The molecule has 9 rings (SSSR count). The summed E-state index contributed by atoms with van der Waals surface area (Å²) >= 11 is 0. The van der Waals surface area contributed by atoms with Gasteiger partial charge in [0.25, 0.3) is 0 Å². The summed E-state index contributed by atoms with van der Waals surface area (Å²) in [5, 5.41) is 2.53. The summed E-state index contributed by atoms with van der Waals surface area (Å²) < 4.78 is 2.43. The number of hydrogen-bond donors (Lipinski definition) is 0. The van der Waals surface area contributed by atoms with E-state index in [-0.39, 0.29) is 11.6 Å². The van der Waals surface area contributed by atoms with Crippen molar-refractivity contribution in [2.24, 2.45) is 9.98 Å². The Labute approximate surface area is 275 Å². The van der Waals surface area contributed by atoms with Gasteiger partial charge in [0.15, 0.2) is 5.84 Å². The maximum absolute atomic E-state index is 5.20. The predicted molar refractivity (Wildman–Crippen MR) is 195 cm³/mol. The highest BCUT2D eigenvalue weighted by Crippen LogP contribution is 2.51.